The van der Waals surface area contributed by atoms with Gasteiger partial charge in [0, 0.05) is 7.05 Å². The Hall–Kier alpha value is -2.70. The standard InChI is InChI=1S/C16H23N7/c1-4-10-7-6-8-11(14(18)12(10)5-2)9-13(17)23-15(19)21-16(20-3)22-23/h4-5,9,17-18H,6-8H2,1-3H3,(H3,19,20,21,22)/b10-4-,11-9-,12-5+,17-13?,18-14?. The summed E-state index contributed by atoms with van der Waals surface area (Å²) in [5.74, 6) is 0.624. The highest BCUT2D eigenvalue weighted by Crippen LogP contribution is 2.28. The van der Waals surface area contributed by atoms with Crippen LogP contribution in [0.15, 0.2) is 34.9 Å². The monoisotopic (exact) mass is 313 g/mol. The Morgan fingerprint density at radius 3 is 2.52 bits per heavy atom. The second-order valence-electron chi connectivity index (χ2n) is 5.26. The van der Waals surface area contributed by atoms with Crippen molar-refractivity contribution in [1.82, 2.24) is 14.8 Å². The Bertz CT molecular complexity index is 719. The van der Waals surface area contributed by atoms with Crippen molar-refractivity contribution >= 4 is 23.4 Å². The minimum absolute atomic E-state index is 0.107. The number of allylic oxidation sites excluding steroid dienone is 6. The predicted octanol–water partition coefficient (Wildman–Crippen LogP) is 2.75. The Balaban J connectivity index is 2.35. The third-order valence-corrected chi connectivity index (χ3v) is 3.86. The van der Waals surface area contributed by atoms with E-state index in [1.807, 2.05) is 19.9 Å². The molecule has 1 saturated carbocycles. The fraction of sp³-hybridized carbons (Fsp3) is 0.375. The van der Waals surface area contributed by atoms with Crippen LogP contribution in [0, 0.1) is 10.8 Å². The van der Waals surface area contributed by atoms with Gasteiger partial charge in [-0.1, -0.05) is 12.2 Å². The smallest absolute Gasteiger partial charge is 0.244 e. The van der Waals surface area contributed by atoms with Gasteiger partial charge in [-0.05, 0) is 55.9 Å². The predicted molar refractivity (Wildman–Crippen MR) is 94.3 cm³/mol. The second-order valence-corrected chi connectivity index (χ2v) is 5.26. The van der Waals surface area contributed by atoms with Crippen LogP contribution in [0.25, 0.3) is 0 Å². The normalized spacial score (nSPS) is 21.0. The summed E-state index contributed by atoms with van der Waals surface area (Å²) in [7, 11) is 1.69. The number of nitrogens with one attached hydrogen (secondary N) is 3. The summed E-state index contributed by atoms with van der Waals surface area (Å²) in [6, 6.07) is 0. The molecule has 0 unspecified atom stereocenters. The van der Waals surface area contributed by atoms with Gasteiger partial charge in [-0.15, -0.1) is 5.10 Å². The van der Waals surface area contributed by atoms with Gasteiger partial charge in [0.05, 0.1) is 5.71 Å². The molecule has 2 rings (SSSR count). The summed E-state index contributed by atoms with van der Waals surface area (Å²) in [6.07, 6.45) is 8.33. The SMILES string of the molecule is C/C=C1/CCC/C(=C/C(=N)n2nc(NC)nc2N)C(=N)/C1=C/C. The van der Waals surface area contributed by atoms with Crippen molar-refractivity contribution in [1.29, 1.82) is 10.8 Å². The van der Waals surface area contributed by atoms with Crippen molar-refractivity contribution in [3.8, 4) is 0 Å². The van der Waals surface area contributed by atoms with Crippen LogP contribution >= 0.6 is 0 Å². The topological polar surface area (TPSA) is 116 Å². The van der Waals surface area contributed by atoms with Crippen LogP contribution in [0.1, 0.15) is 33.1 Å². The molecule has 0 radical (unpaired) electrons. The molecule has 0 spiro atoms. The number of rotatable bonds is 2. The van der Waals surface area contributed by atoms with Gasteiger partial charge in [0.2, 0.25) is 11.9 Å². The van der Waals surface area contributed by atoms with Crippen molar-refractivity contribution in [2.45, 2.75) is 33.1 Å². The molecule has 23 heavy (non-hydrogen) atoms. The Morgan fingerprint density at radius 1 is 1.26 bits per heavy atom. The number of hydrogen-bond donors (Lipinski definition) is 4. The first-order valence-electron chi connectivity index (χ1n) is 7.62. The van der Waals surface area contributed by atoms with E-state index in [2.05, 4.69) is 21.5 Å². The third-order valence-electron chi connectivity index (χ3n) is 3.86. The molecule has 1 aliphatic carbocycles. The van der Waals surface area contributed by atoms with Gasteiger partial charge in [0.25, 0.3) is 0 Å². The highest BCUT2D eigenvalue weighted by molar-refractivity contribution is 6.16. The van der Waals surface area contributed by atoms with Gasteiger partial charge >= 0.3 is 0 Å². The maximum atomic E-state index is 8.46. The number of nitrogens with two attached hydrogens (primary N) is 1. The molecule has 7 nitrogen and oxygen atoms in total. The molecule has 1 aliphatic rings. The van der Waals surface area contributed by atoms with Gasteiger partial charge in [0.15, 0.2) is 0 Å². The number of nitrogens with zero attached hydrogens (tertiary/aromatic N) is 3. The van der Waals surface area contributed by atoms with E-state index in [4.69, 9.17) is 16.6 Å². The van der Waals surface area contributed by atoms with E-state index < -0.39 is 0 Å². The van der Waals surface area contributed by atoms with E-state index >= 15 is 0 Å². The lowest BCUT2D eigenvalue weighted by atomic mass is 9.97. The molecule has 1 aromatic rings. The molecule has 7 heteroatoms. The van der Waals surface area contributed by atoms with E-state index in [1.165, 1.54) is 10.3 Å². The minimum Gasteiger partial charge on any atom is -0.368 e. The molecule has 0 saturated heterocycles. The Morgan fingerprint density at radius 2 is 1.96 bits per heavy atom. The van der Waals surface area contributed by atoms with Crippen molar-refractivity contribution in [2.24, 2.45) is 0 Å². The summed E-state index contributed by atoms with van der Waals surface area (Å²) >= 11 is 0. The van der Waals surface area contributed by atoms with E-state index in [0.29, 0.717) is 11.7 Å². The van der Waals surface area contributed by atoms with Crippen LogP contribution in [-0.4, -0.2) is 33.4 Å². The summed E-state index contributed by atoms with van der Waals surface area (Å²) in [4.78, 5) is 4.01. The van der Waals surface area contributed by atoms with Gasteiger partial charge in [-0.3, -0.25) is 10.8 Å². The molecule has 1 heterocycles. The summed E-state index contributed by atoms with van der Waals surface area (Å²) in [6.45, 7) is 3.94. The number of aromatic nitrogens is 3. The zero-order valence-electron chi connectivity index (χ0n) is 13.8. The van der Waals surface area contributed by atoms with E-state index in [-0.39, 0.29) is 11.8 Å². The van der Waals surface area contributed by atoms with Crippen LogP contribution in [0.3, 0.4) is 0 Å². The largest absolute Gasteiger partial charge is 0.368 e. The van der Waals surface area contributed by atoms with Crippen molar-refractivity contribution in [2.75, 3.05) is 18.1 Å². The van der Waals surface area contributed by atoms with E-state index in [0.717, 1.165) is 30.4 Å². The first-order chi connectivity index (χ1) is 11.0. The zero-order chi connectivity index (χ0) is 17.0. The van der Waals surface area contributed by atoms with Crippen molar-refractivity contribution in [3.63, 3.8) is 0 Å². The maximum Gasteiger partial charge on any atom is 0.244 e. The Kier molecular flexibility index (Phi) is 5.10. The fourth-order valence-electron chi connectivity index (χ4n) is 2.67. The summed E-state index contributed by atoms with van der Waals surface area (Å²) in [5.41, 5.74) is 9.20. The minimum atomic E-state index is 0.107. The molecular weight excluding hydrogens is 290 g/mol. The van der Waals surface area contributed by atoms with Gasteiger partial charge in [-0.2, -0.15) is 9.67 Å². The molecule has 1 aromatic heterocycles. The summed E-state index contributed by atoms with van der Waals surface area (Å²) in [5, 5.41) is 23.6. The quantitative estimate of drug-likeness (QED) is 0.381. The molecule has 0 amide bonds. The zero-order valence-corrected chi connectivity index (χ0v) is 13.8. The maximum absolute atomic E-state index is 8.46. The molecular formula is C16H23N7. The van der Waals surface area contributed by atoms with E-state index in [9.17, 15) is 0 Å². The van der Waals surface area contributed by atoms with Crippen molar-refractivity contribution < 1.29 is 0 Å². The molecule has 1 fully saturated rings. The van der Waals surface area contributed by atoms with Crippen molar-refractivity contribution in [3.05, 3.63) is 34.9 Å². The molecule has 0 atom stereocenters. The number of nitrogen functional groups attached to an aromatic ring is 1. The first kappa shape index (κ1) is 16.7. The molecule has 0 aliphatic heterocycles. The highest BCUT2D eigenvalue weighted by Gasteiger charge is 2.19. The van der Waals surface area contributed by atoms with Crippen LogP contribution < -0.4 is 11.1 Å². The second kappa shape index (κ2) is 7.04. The van der Waals surface area contributed by atoms with E-state index in [1.54, 1.807) is 13.1 Å². The van der Waals surface area contributed by atoms with Crippen LogP contribution in [0.4, 0.5) is 11.9 Å². The average Bonchev–Trinajstić information content (AvgIpc) is 2.86. The fourth-order valence-corrected chi connectivity index (χ4v) is 2.67. The molecule has 122 valence electrons. The lowest BCUT2D eigenvalue weighted by Gasteiger charge is -2.10. The molecule has 5 N–H and O–H groups in total. The van der Waals surface area contributed by atoms with Gasteiger partial charge < -0.3 is 11.1 Å². The molecule has 0 bridgehead atoms. The third kappa shape index (κ3) is 3.39. The van der Waals surface area contributed by atoms with Crippen LogP contribution in [0.2, 0.25) is 0 Å². The van der Waals surface area contributed by atoms with Gasteiger partial charge in [0.1, 0.15) is 5.84 Å². The lowest BCUT2D eigenvalue weighted by molar-refractivity contribution is 0.840. The highest BCUT2D eigenvalue weighted by atomic mass is 15.4. The lowest BCUT2D eigenvalue weighted by Crippen LogP contribution is -2.15. The van der Waals surface area contributed by atoms with Crippen LogP contribution in [0.5, 0.6) is 0 Å². The number of anilines is 2. The summed E-state index contributed by atoms with van der Waals surface area (Å²) < 4.78 is 1.27. The Labute approximate surface area is 136 Å². The average molecular weight is 313 g/mol. The number of hydrogen-bond acceptors (Lipinski definition) is 6. The first-order valence-corrected chi connectivity index (χ1v) is 7.62. The van der Waals surface area contributed by atoms with Gasteiger partial charge in [-0.25, -0.2) is 0 Å². The molecule has 0 aromatic carbocycles. The van der Waals surface area contributed by atoms with Crippen LogP contribution in [-0.2, 0) is 0 Å².